The Bertz CT molecular complexity index is 486. The van der Waals surface area contributed by atoms with Crippen LogP contribution in [0.5, 0.6) is 0 Å². The number of rotatable bonds is 6. The Hall–Kier alpha value is -0.190. The Morgan fingerprint density at radius 3 is 2.89 bits per heavy atom. The zero-order valence-corrected chi connectivity index (χ0v) is 12.8. The van der Waals surface area contributed by atoms with Crippen molar-refractivity contribution in [1.29, 1.82) is 0 Å². The van der Waals surface area contributed by atoms with Crippen molar-refractivity contribution >= 4 is 46.3 Å². The first-order valence-electron chi connectivity index (χ1n) is 5.56. The molecular formula is C13H13Cl2NS2. The van der Waals surface area contributed by atoms with E-state index in [4.69, 9.17) is 23.2 Å². The number of hydrogen-bond donors (Lipinski definition) is 1. The van der Waals surface area contributed by atoms with Crippen LogP contribution in [0, 0.1) is 0 Å². The molecule has 1 aromatic carbocycles. The summed E-state index contributed by atoms with van der Waals surface area (Å²) in [4.78, 5) is 2.41. The van der Waals surface area contributed by atoms with Crippen molar-refractivity contribution in [2.45, 2.75) is 11.4 Å². The molecular weight excluding hydrogens is 305 g/mol. The van der Waals surface area contributed by atoms with E-state index in [0.717, 1.165) is 33.8 Å². The van der Waals surface area contributed by atoms with Gasteiger partial charge in [-0.3, -0.25) is 0 Å². The Labute approximate surface area is 126 Å². The first-order valence-corrected chi connectivity index (χ1v) is 8.19. The lowest BCUT2D eigenvalue weighted by Crippen LogP contribution is -2.15. The lowest BCUT2D eigenvalue weighted by molar-refractivity contribution is 0.741. The summed E-state index contributed by atoms with van der Waals surface area (Å²) in [7, 11) is 0. The molecule has 0 bridgehead atoms. The summed E-state index contributed by atoms with van der Waals surface area (Å²) in [5.41, 5.74) is 0. The molecule has 0 unspecified atom stereocenters. The Morgan fingerprint density at radius 2 is 2.11 bits per heavy atom. The maximum absolute atomic E-state index is 6.09. The van der Waals surface area contributed by atoms with Crippen LogP contribution in [0.3, 0.4) is 0 Å². The normalized spacial score (nSPS) is 10.8. The third-order valence-electron chi connectivity index (χ3n) is 2.31. The summed E-state index contributed by atoms with van der Waals surface area (Å²) >= 11 is 15.5. The molecule has 0 aliphatic rings. The molecule has 96 valence electrons. The molecule has 1 N–H and O–H groups in total. The van der Waals surface area contributed by atoms with Crippen molar-refractivity contribution in [3.8, 4) is 0 Å². The van der Waals surface area contributed by atoms with Crippen molar-refractivity contribution in [2.75, 3.05) is 12.3 Å². The maximum atomic E-state index is 6.09. The highest BCUT2D eigenvalue weighted by Gasteiger charge is 2.01. The molecule has 0 atom stereocenters. The van der Waals surface area contributed by atoms with Crippen LogP contribution in [-0.4, -0.2) is 12.3 Å². The zero-order valence-electron chi connectivity index (χ0n) is 9.66. The molecule has 5 heteroatoms. The minimum Gasteiger partial charge on any atom is -0.311 e. The molecule has 0 saturated heterocycles. The second kappa shape index (κ2) is 7.41. The van der Waals surface area contributed by atoms with Crippen LogP contribution in [-0.2, 0) is 6.54 Å². The summed E-state index contributed by atoms with van der Waals surface area (Å²) in [6.45, 7) is 1.88. The number of hydrogen-bond acceptors (Lipinski definition) is 3. The minimum atomic E-state index is 0.730. The molecule has 0 saturated carbocycles. The van der Waals surface area contributed by atoms with E-state index in [1.54, 1.807) is 23.1 Å². The fourth-order valence-electron chi connectivity index (χ4n) is 1.45. The van der Waals surface area contributed by atoms with Gasteiger partial charge in [0.15, 0.2) is 0 Å². The van der Waals surface area contributed by atoms with Gasteiger partial charge in [0, 0.05) is 33.6 Å². The van der Waals surface area contributed by atoms with Gasteiger partial charge in [0.05, 0.1) is 5.02 Å². The van der Waals surface area contributed by atoms with Gasteiger partial charge < -0.3 is 5.32 Å². The third-order valence-corrected chi connectivity index (χ3v) is 4.92. The van der Waals surface area contributed by atoms with E-state index >= 15 is 0 Å². The number of thioether (sulfide) groups is 1. The van der Waals surface area contributed by atoms with E-state index in [-0.39, 0.29) is 0 Å². The summed E-state index contributed by atoms with van der Waals surface area (Å²) < 4.78 is 0. The Balaban J connectivity index is 1.70. The molecule has 18 heavy (non-hydrogen) atoms. The molecule has 0 spiro atoms. The molecule has 2 aromatic rings. The molecule has 0 fully saturated rings. The van der Waals surface area contributed by atoms with Crippen LogP contribution in [0.4, 0.5) is 0 Å². The van der Waals surface area contributed by atoms with Crippen LogP contribution < -0.4 is 5.32 Å². The zero-order chi connectivity index (χ0) is 12.8. The first kappa shape index (κ1) is 14.2. The van der Waals surface area contributed by atoms with Crippen molar-refractivity contribution in [1.82, 2.24) is 5.32 Å². The molecule has 0 amide bonds. The summed E-state index contributed by atoms with van der Waals surface area (Å²) in [6.07, 6.45) is 0. The predicted molar refractivity (Wildman–Crippen MR) is 83.2 cm³/mol. The number of thiophene rings is 1. The van der Waals surface area contributed by atoms with Crippen LogP contribution in [0.15, 0.2) is 40.6 Å². The van der Waals surface area contributed by atoms with E-state index in [1.807, 2.05) is 18.2 Å². The average molecular weight is 318 g/mol. The lowest BCUT2D eigenvalue weighted by Gasteiger charge is -2.05. The largest absolute Gasteiger partial charge is 0.311 e. The van der Waals surface area contributed by atoms with Gasteiger partial charge in [0.2, 0.25) is 0 Å². The van der Waals surface area contributed by atoms with Gasteiger partial charge in [-0.1, -0.05) is 29.3 Å². The van der Waals surface area contributed by atoms with Crippen molar-refractivity contribution in [3.63, 3.8) is 0 Å². The first-order chi connectivity index (χ1) is 8.75. The minimum absolute atomic E-state index is 0.730. The average Bonchev–Trinajstić information content (AvgIpc) is 2.86. The lowest BCUT2D eigenvalue weighted by atomic mass is 10.4. The second-order valence-electron chi connectivity index (χ2n) is 3.68. The van der Waals surface area contributed by atoms with Gasteiger partial charge >= 0.3 is 0 Å². The predicted octanol–water partition coefficient (Wildman–Crippen LogP) is 4.94. The van der Waals surface area contributed by atoms with Crippen LogP contribution in [0.25, 0.3) is 0 Å². The molecule has 2 rings (SSSR count). The van der Waals surface area contributed by atoms with Crippen LogP contribution in [0.2, 0.25) is 10.0 Å². The molecule has 1 aromatic heterocycles. The smallest absolute Gasteiger partial charge is 0.0542 e. The van der Waals surface area contributed by atoms with Crippen LogP contribution >= 0.6 is 46.3 Å². The van der Waals surface area contributed by atoms with Gasteiger partial charge in [-0.15, -0.1) is 23.1 Å². The summed E-state index contributed by atoms with van der Waals surface area (Å²) in [6, 6.07) is 9.77. The molecule has 0 aliphatic carbocycles. The van der Waals surface area contributed by atoms with Crippen molar-refractivity contribution in [2.24, 2.45) is 0 Å². The number of benzene rings is 1. The highest BCUT2D eigenvalue weighted by atomic mass is 35.5. The SMILES string of the molecule is Clc1ccc(Cl)c(SCCNCc2cccs2)c1. The summed E-state index contributed by atoms with van der Waals surface area (Å²) in [5.74, 6) is 0.978. The van der Waals surface area contributed by atoms with Gasteiger partial charge in [-0.2, -0.15) is 0 Å². The number of halogens is 2. The standard InChI is InChI=1S/C13H13Cl2NS2/c14-10-3-4-12(15)13(8-10)18-7-5-16-9-11-2-1-6-17-11/h1-4,6,8,16H,5,7,9H2. The molecule has 0 aliphatic heterocycles. The van der Waals surface area contributed by atoms with Gasteiger partial charge in [0.1, 0.15) is 0 Å². The Kier molecular flexibility index (Phi) is 5.86. The highest BCUT2D eigenvalue weighted by molar-refractivity contribution is 7.99. The quantitative estimate of drug-likeness (QED) is 0.598. The number of nitrogens with one attached hydrogen (secondary N) is 1. The van der Waals surface area contributed by atoms with Crippen molar-refractivity contribution < 1.29 is 0 Å². The van der Waals surface area contributed by atoms with E-state index in [1.165, 1.54) is 4.88 Å². The molecule has 1 nitrogen and oxygen atoms in total. The topological polar surface area (TPSA) is 12.0 Å². The third kappa shape index (κ3) is 4.48. The Morgan fingerprint density at radius 1 is 1.22 bits per heavy atom. The fourth-order valence-corrected chi connectivity index (χ4v) is 3.52. The highest BCUT2D eigenvalue weighted by Crippen LogP contribution is 2.29. The van der Waals surface area contributed by atoms with Crippen molar-refractivity contribution in [3.05, 3.63) is 50.6 Å². The van der Waals surface area contributed by atoms with E-state index < -0.39 is 0 Å². The molecule has 0 radical (unpaired) electrons. The summed E-state index contributed by atoms with van der Waals surface area (Å²) in [5, 5.41) is 7.00. The van der Waals surface area contributed by atoms with Gasteiger partial charge in [-0.25, -0.2) is 0 Å². The van der Waals surface area contributed by atoms with E-state index in [2.05, 4.69) is 22.8 Å². The maximum Gasteiger partial charge on any atom is 0.0542 e. The van der Waals surface area contributed by atoms with Gasteiger partial charge in [-0.05, 0) is 29.6 Å². The van der Waals surface area contributed by atoms with Gasteiger partial charge in [0.25, 0.3) is 0 Å². The van der Waals surface area contributed by atoms with E-state index in [9.17, 15) is 0 Å². The molecule has 1 heterocycles. The van der Waals surface area contributed by atoms with E-state index in [0.29, 0.717) is 0 Å². The fraction of sp³-hybridized carbons (Fsp3) is 0.231. The second-order valence-corrected chi connectivity index (χ2v) is 6.69. The van der Waals surface area contributed by atoms with Crippen LogP contribution in [0.1, 0.15) is 4.88 Å². The monoisotopic (exact) mass is 317 g/mol.